The van der Waals surface area contributed by atoms with Crippen LogP contribution in [0.3, 0.4) is 0 Å². The zero-order chi connectivity index (χ0) is 14.5. The van der Waals surface area contributed by atoms with Crippen LogP contribution in [0.4, 0.5) is 8.78 Å². The largest absolute Gasteiger partial charge is 0.369 e. The maximum absolute atomic E-state index is 13.4. The molecule has 2 rings (SSSR count). The summed E-state index contributed by atoms with van der Waals surface area (Å²) in [6, 6.07) is 10.2. The van der Waals surface area contributed by atoms with Gasteiger partial charge in [-0.25, -0.2) is 8.78 Å². The van der Waals surface area contributed by atoms with Gasteiger partial charge in [-0.3, -0.25) is 4.79 Å². The molecule has 2 aromatic rings. The van der Waals surface area contributed by atoms with Gasteiger partial charge in [-0.1, -0.05) is 29.8 Å². The molecular formula is C15H11ClF2O2. The third-order valence-corrected chi connectivity index (χ3v) is 2.91. The minimum absolute atomic E-state index is 0.166. The van der Waals surface area contributed by atoms with Crippen molar-refractivity contribution in [2.45, 2.75) is 6.61 Å². The first kappa shape index (κ1) is 14.6. The second-order valence-corrected chi connectivity index (χ2v) is 4.58. The van der Waals surface area contributed by atoms with Crippen molar-refractivity contribution < 1.29 is 18.3 Å². The van der Waals surface area contributed by atoms with E-state index in [2.05, 4.69) is 0 Å². The van der Waals surface area contributed by atoms with Gasteiger partial charge in [-0.15, -0.1) is 0 Å². The number of hydrogen-bond acceptors (Lipinski definition) is 2. The Bertz CT molecular complexity index is 592. The van der Waals surface area contributed by atoms with Crippen molar-refractivity contribution in [3.63, 3.8) is 0 Å². The van der Waals surface area contributed by atoms with Crippen molar-refractivity contribution >= 4 is 17.4 Å². The van der Waals surface area contributed by atoms with Gasteiger partial charge in [0.2, 0.25) is 0 Å². The summed E-state index contributed by atoms with van der Waals surface area (Å²) < 4.78 is 31.9. The van der Waals surface area contributed by atoms with Gasteiger partial charge in [-0.05, 0) is 29.8 Å². The second kappa shape index (κ2) is 6.59. The number of ketones is 1. The number of Topliss-reactive ketones (excluding diaryl/α,β-unsaturated/α-hetero) is 1. The molecule has 0 saturated carbocycles. The average Bonchev–Trinajstić information content (AvgIpc) is 2.41. The van der Waals surface area contributed by atoms with Gasteiger partial charge in [0, 0.05) is 5.02 Å². The predicted octanol–water partition coefficient (Wildman–Crippen LogP) is 4.02. The highest BCUT2D eigenvalue weighted by molar-refractivity contribution is 6.30. The van der Waals surface area contributed by atoms with Gasteiger partial charge < -0.3 is 4.74 Å². The Morgan fingerprint density at radius 2 is 1.65 bits per heavy atom. The zero-order valence-electron chi connectivity index (χ0n) is 10.4. The molecule has 2 nitrogen and oxygen atoms in total. The van der Waals surface area contributed by atoms with E-state index in [1.165, 1.54) is 6.07 Å². The molecule has 0 aliphatic rings. The van der Waals surface area contributed by atoms with E-state index in [0.717, 1.165) is 17.7 Å². The number of carbonyl (C=O) groups is 1. The van der Waals surface area contributed by atoms with Gasteiger partial charge in [-0.2, -0.15) is 0 Å². The molecule has 0 bridgehead atoms. The van der Waals surface area contributed by atoms with E-state index in [0.29, 0.717) is 5.02 Å². The first-order valence-corrected chi connectivity index (χ1v) is 6.25. The molecule has 0 amide bonds. The summed E-state index contributed by atoms with van der Waals surface area (Å²) in [6.45, 7) is -0.223. The van der Waals surface area contributed by atoms with Crippen LogP contribution in [0.25, 0.3) is 0 Å². The van der Waals surface area contributed by atoms with Crippen molar-refractivity contribution in [2.75, 3.05) is 6.61 Å². The van der Waals surface area contributed by atoms with Gasteiger partial charge >= 0.3 is 0 Å². The molecular weight excluding hydrogens is 286 g/mol. The molecule has 0 N–H and O–H groups in total. The summed E-state index contributed by atoms with van der Waals surface area (Å²) in [4.78, 5) is 11.7. The molecule has 0 atom stereocenters. The highest BCUT2D eigenvalue weighted by atomic mass is 35.5. The molecule has 0 spiro atoms. The molecule has 0 heterocycles. The van der Waals surface area contributed by atoms with Crippen molar-refractivity contribution in [3.05, 3.63) is 70.2 Å². The number of halogens is 3. The lowest BCUT2D eigenvalue weighted by molar-refractivity contribution is 0.0718. The minimum Gasteiger partial charge on any atom is -0.369 e. The van der Waals surface area contributed by atoms with E-state index in [-0.39, 0.29) is 13.2 Å². The van der Waals surface area contributed by atoms with Crippen molar-refractivity contribution in [2.24, 2.45) is 0 Å². The molecule has 2 aromatic carbocycles. The van der Waals surface area contributed by atoms with E-state index in [9.17, 15) is 13.6 Å². The lowest BCUT2D eigenvalue weighted by Gasteiger charge is -2.06. The SMILES string of the molecule is O=C(COCc1ccc(Cl)cc1)c1c(F)cccc1F. The lowest BCUT2D eigenvalue weighted by Crippen LogP contribution is -2.13. The number of carbonyl (C=O) groups excluding carboxylic acids is 1. The van der Waals surface area contributed by atoms with Crippen molar-refractivity contribution in [1.82, 2.24) is 0 Å². The minimum atomic E-state index is -0.884. The molecule has 20 heavy (non-hydrogen) atoms. The van der Waals surface area contributed by atoms with E-state index < -0.39 is 23.0 Å². The summed E-state index contributed by atoms with van der Waals surface area (Å²) >= 11 is 5.73. The van der Waals surface area contributed by atoms with Crippen LogP contribution in [0, 0.1) is 11.6 Å². The van der Waals surface area contributed by atoms with Gasteiger partial charge in [0.25, 0.3) is 0 Å². The van der Waals surface area contributed by atoms with Gasteiger partial charge in [0.1, 0.15) is 18.2 Å². The standard InChI is InChI=1S/C15H11ClF2O2/c16-11-6-4-10(5-7-11)8-20-9-14(19)15-12(17)2-1-3-13(15)18/h1-7H,8-9H2. The molecule has 104 valence electrons. The van der Waals surface area contributed by atoms with Crippen LogP contribution in [0.1, 0.15) is 15.9 Å². The monoisotopic (exact) mass is 296 g/mol. The van der Waals surface area contributed by atoms with E-state index >= 15 is 0 Å². The number of ether oxygens (including phenoxy) is 1. The highest BCUT2D eigenvalue weighted by Gasteiger charge is 2.16. The number of hydrogen-bond donors (Lipinski definition) is 0. The first-order valence-electron chi connectivity index (χ1n) is 5.87. The van der Waals surface area contributed by atoms with Crippen LogP contribution >= 0.6 is 11.6 Å². The third kappa shape index (κ3) is 3.62. The highest BCUT2D eigenvalue weighted by Crippen LogP contribution is 2.14. The van der Waals surface area contributed by atoms with E-state index in [1.807, 2.05) is 0 Å². The smallest absolute Gasteiger partial charge is 0.194 e. The summed E-state index contributed by atoms with van der Waals surface area (Å²) in [7, 11) is 0. The lowest BCUT2D eigenvalue weighted by atomic mass is 10.1. The molecule has 0 fully saturated rings. The number of rotatable bonds is 5. The average molecular weight is 297 g/mol. The van der Waals surface area contributed by atoms with Crippen LogP contribution in [-0.4, -0.2) is 12.4 Å². The summed E-state index contributed by atoms with van der Waals surface area (Å²) in [6.07, 6.45) is 0. The summed E-state index contributed by atoms with van der Waals surface area (Å²) in [5, 5.41) is 0.596. The van der Waals surface area contributed by atoms with E-state index in [4.69, 9.17) is 16.3 Å². The van der Waals surface area contributed by atoms with Crippen LogP contribution in [0.5, 0.6) is 0 Å². The molecule has 0 unspecified atom stereocenters. The van der Waals surface area contributed by atoms with Crippen molar-refractivity contribution in [3.8, 4) is 0 Å². The fourth-order valence-corrected chi connectivity index (χ4v) is 1.80. The molecule has 5 heteroatoms. The Balaban J connectivity index is 1.94. The van der Waals surface area contributed by atoms with Gasteiger partial charge in [0.15, 0.2) is 5.78 Å². The quantitative estimate of drug-likeness (QED) is 0.779. The maximum atomic E-state index is 13.4. The Hall–Kier alpha value is -1.78. The Morgan fingerprint density at radius 1 is 1.05 bits per heavy atom. The molecule has 0 radical (unpaired) electrons. The Labute approximate surface area is 119 Å². The normalized spacial score (nSPS) is 10.6. The molecule has 0 saturated heterocycles. The first-order chi connectivity index (χ1) is 9.58. The third-order valence-electron chi connectivity index (χ3n) is 2.66. The fraction of sp³-hybridized carbons (Fsp3) is 0.133. The number of benzene rings is 2. The van der Waals surface area contributed by atoms with Crippen LogP contribution in [0.15, 0.2) is 42.5 Å². The molecule has 0 aliphatic carbocycles. The Morgan fingerprint density at radius 3 is 2.25 bits per heavy atom. The zero-order valence-corrected chi connectivity index (χ0v) is 11.2. The van der Waals surface area contributed by atoms with E-state index in [1.54, 1.807) is 24.3 Å². The van der Waals surface area contributed by atoms with Crippen LogP contribution in [-0.2, 0) is 11.3 Å². The van der Waals surface area contributed by atoms with Crippen LogP contribution in [0.2, 0.25) is 5.02 Å². The van der Waals surface area contributed by atoms with Crippen molar-refractivity contribution in [1.29, 1.82) is 0 Å². The molecule has 0 aromatic heterocycles. The predicted molar refractivity (Wildman–Crippen MR) is 71.8 cm³/mol. The fourth-order valence-electron chi connectivity index (χ4n) is 1.68. The van der Waals surface area contributed by atoms with Crippen LogP contribution < -0.4 is 0 Å². The second-order valence-electron chi connectivity index (χ2n) is 4.14. The van der Waals surface area contributed by atoms with Gasteiger partial charge in [0.05, 0.1) is 12.2 Å². The Kier molecular flexibility index (Phi) is 4.82. The maximum Gasteiger partial charge on any atom is 0.194 e. The summed E-state index contributed by atoms with van der Waals surface area (Å²) in [5.74, 6) is -2.50. The summed E-state index contributed by atoms with van der Waals surface area (Å²) in [5.41, 5.74) is 0.250. The topological polar surface area (TPSA) is 26.3 Å². The molecule has 0 aliphatic heterocycles.